The Labute approximate surface area is 145 Å². The average molecular weight is 359 g/mol. The lowest BCUT2D eigenvalue weighted by Gasteiger charge is -2.12. The van der Waals surface area contributed by atoms with Crippen molar-refractivity contribution in [2.75, 3.05) is 18.9 Å². The van der Waals surface area contributed by atoms with Crippen LogP contribution in [0.5, 0.6) is 11.5 Å². The maximum Gasteiger partial charge on any atom is 0.262 e. The summed E-state index contributed by atoms with van der Waals surface area (Å²) in [5.41, 5.74) is 2.07. The largest absolute Gasteiger partial charge is 0.493 e. The van der Waals surface area contributed by atoms with Crippen molar-refractivity contribution in [3.63, 3.8) is 0 Å². The fraction of sp³-hybridized carbons (Fsp3) is 0.118. The predicted octanol–water partition coefficient (Wildman–Crippen LogP) is 2.89. The van der Waals surface area contributed by atoms with E-state index >= 15 is 0 Å². The molecule has 0 aliphatic heterocycles. The van der Waals surface area contributed by atoms with Gasteiger partial charge in [0.25, 0.3) is 10.0 Å². The van der Waals surface area contributed by atoms with E-state index in [2.05, 4.69) is 14.7 Å². The van der Waals surface area contributed by atoms with Gasteiger partial charge in [-0.25, -0.2) is 13.4 Å². The summed E-state index contributed by atoms with van der Waals surface area (Å²) in [6, 6.07) is 11.5. The van der Waals surface area contributed by atoms with E-state index in [0.717, 1.165) is 11.3 Å². The van der Waals surface area contributed by atoms with Crippen LogP contribution in [0.25, 0.3) is 11.3 Å². The van der Waals surface area contributed by atoms with Crippen molar-refractivity contribution in [1.29, 1.82) is 0 Å². The molecule has 130 valence electrons. The molecule has 0 aliphatic carbocycles. The molecule has 3 aromatic rings. The normalized spacial score (nSPS) is 11.1. The number of aromatic nitrogens is 2. The summed E-state index contributed by atoms with van der Waals surface area (Å²) in [7, 11) is -0.823. The average Bonchev–Trinajstić information content (AvgIpc) is 3.15. The van der Waals surface area contributed by atoms with Crippen molar-refractivity contribution < 1.29 is 17.9 Å². The van der Waals surface area contributed by atoms with Crippen LogP contribution in [-0.4, -0.2) is 32.6 Å². The summed E-state index contributed by atoms with van der Waals surface area (Å²) in [5.74, 6) is 0.805. The SMILES string of the molecule is COc1ccc(S(=O)(=O)Nc2cccc(-c3cnc[nH]3)c2)cc1OC. The van der Waals surface area contributed by atoms with Gasteiger partial charge in [0.2, 0.25) is 0 Å². The first-order valence-electron chi connectivity index (χ1n) is 7.37. The van der Waals surface area contributed by atoms with Crippen LogP contribution < -0.4 is 14.2 Å². The topological polar surface area (TPSA) is 93.3 Å². The number of hydrogen-bond acceptors (Lipinski definition) is 5. The second-order valence-corrected chi connectivity index (χ2v) is 6.85. The first-order valence-corrected chi connectivity index (χ1v) is 8.85. The van der Waals surface area contributed by atoms with Crippen molar-refractivity contribution >= 4 is 15.7 Å². The molecule has 2 aromatic carbocycles. The molecule has 1 aromatic heterocycles. The number of anilines is 1. The summed E-state index contributed by atoms with van der Waals surface area (Å²) in [6.07, 6.45) is 3.23. The van der Waals surface area contributed by atoms with Crippen molar-refractivity contribution in [2.45, 2.75) is 4.90 Å². The van der Waals surface area contributed by atoms with Gasteiger partial charge in [0.05, 0.1) is 37.3 Å². The number of aromatic amines is 1. The highest BCUT2D eigenvalue weighted by Crippen LogP contribution is 2.30. The molecule has 0 aliphatic rings. The Hall–Kier alpha value is -3.00. The highest BCUT2D eigenvalue weighted by atomic mass is 32.2. The molecule has 0 radical (unpaired) electrons. The summed E-state index contributed by atoms with van der Waals surface area (Å²) in [5, 5.41) is 0. The number of H-pyrrole nitrogens is 1. The Bertz CT molecular complexity index is 969. The van der Waals surface area contributed by atoms with Gasteiger partial charge in [0.1, 0.15) is 0 Å². The molecular weight excluding hydrogens is 342 g/mol. The number of rotatable bonds is 6. The molecule has 3 rings (SSSR count). The van der Waals surface area contributed by atoms with E-state index in [4.69, 9.17) is 9.47 Å². The Morgan fingerprint density at radius 2 is 1.84 bits per heavy atom. The second-order valence-electron chi connectivity index (χ2n) is 5.17. The Morgan fingerprint density at radius 3 is 2.52 bits per heavy atom. The fourth-order valence-electron chi connectivity index (χ4n) is 2.36. The number of nitrogens with zero attached hydrogens (tertiary/aromatic N) is 1. The molecule has 0 spiro atoms. The van der Waals surface area contributed by atoms with E-state index in [9.17, 15) is 8.42 Å². The first-order chi connectivity index (χ1) is 12.0. The van der Waals surface area contributed by atoms with Crippen LogP contribution in [0.4, 0.5) is 5.69 Å². The molecule has 0 amide bonds. The van der Waals surface area contributed by atoms with E-state index in [1.807, 2.05) is 6.07 Å². The van der Waals surface area contributed by atoms with Gasteiger partial charge >= 0.3 is 0 Å². The fourth-order valence-corrected chi connectivity index (χ4v) is 3.43. The molecule has 2 N–H and O–H groups in total. The second kappa shape index (κ2) is 6.86. The zero-order valence-electron chi connectivity index (χ0n) is 13.7. The van der Waals surface area contributed by atoms with Crippen LogP contribution in [0.2, 0.25) is 0 Å². The van der Waals surface area contributed by atoms with Crippen LogP contribution in [0.1, 0.15) is 0 Å². The van der Waals surface area contributed by atoms with Gasteiger partial charge in [-0.3, -0.25) is 4.72 Å². The summed E-state index contributed by atoms with van der Waals surface area (Å²) in [6.45, 7) is 0. The predicted molar refractivity (Wildman–Crippen MR) is 94.4 cm³/mol. The lowest BCUT2D eigenvalue weighted by Crippen LogP contribution is -2.13. The highest BCUT2D eigenvalue weighted by molar-refractivity contribution is 7.92. The van der Waals surface area contributed by atoms with Gasteiger partial charge in [-0.2, -0.15) is 0 Å². The summed E-state index contributed by atoms with van der Waals surface area (Å²) < 4.78 is 38.1. The minimum absolute atomic E-state index is 0.0806. The van der Waals surface area contributed by atoms with Gasteiger partial charge in [0.15, 0.2) is 11.5 Å². The van der Waals surface area contributed by atoms with Crippen LogP contribution in [0, 0.1) is 0 Å². The molecule has 0 saturated heterocycles. The van der Waals surface area contributed by atoms with Gasteiger partial charge in [-0.1, -0.05) is 12.1 Å². The Morgan fingerprint density at radius 1 is 1.04 bits per heavy atom. The summed E-state index contributed by atoms with van der Waals surface area (Å²) in [4.78, 5) is 7.03. The molecule has 0 atom stereocenters. The third kappa shape index (κ3) is 3.58. The van der Waals surface area contributed by atoms with Crippen LogP contribution in [0.3, 0.4) is 0 Å². The molecule has 7 nitrogen and oxygen atoms in total. The lowest BCUT2D eigenvalue weighted by molar-refractivity contribution is 0.354. The number of imidazole rings is 1. The van der Waals surface area contributed by atoms with Gasteiger partial charge in [-0.15, -0.1) is 0 Å². The van der Waals surface area contributed by atoms with E-state index in [-0.39, 0.29) is 4.90 Å². The zero-order chi connectivity index (χ0) is 17.9. The molecule has 0 bridgehead atoms. The van der Waals surface area contributed by atoms with Crippen molar-refractivity contribution in [2.24, 2.45) is 0 Å². The minimum atomic E-state index is -3.77. The maximum atomic E-state index is 12.6. The highest BCUT2D eigenvalue weighted by Gasteiger charge is 2.17. The standard InChI is InChI=1S/C17H17N3O4S/c1-23-16-7-6-14(9-17(16)24-2)25(21,22)20-13-5-3-4-12(8-13)15-10-18-11-19-15/h3-11,20H,1-2H3,(H,18,19). The number of methoxy groups -OCH3 is 2. The molecule has 25 heavy (non-hydrogen) atoms. The number of hydrogen-bond donors (Lipinski definition) is 2. The molecule has 1 heterocycles. The third-order valence-corrected chi connectivity index (χ3v) is 4.97. The third-order valence-electron chi connectivity index (χ3n) is 3.59. The molecule has 0 unspecified atom stereocenters. The Balaban J connectivity index is 1.91. The van der Waals surface area contributed by atoms with Crippen molar-refractivity contribution in [3.05, 3.63) is 55.0 Å². The maximum absolute atomic E-state index is 12.6. The van der Waals surface area contributed by atoms with Crippen LogP contribution >= 0.6 is 0 Å². The van der Waals surface area contributed by atoms with E-state index < -0.39 is 10.0 Å². The minimum Gasteiger partial charge on any atom is -0.493 e. The smallest absolute Gasteiger partial charge is 0.262 e. The zero-order valence-corrected chi connectivity index (χ0v) is 14.5. The number of sulfonamides is 1. The van der Waals surface area contributed by atoms with Crippen molar-refractivity contribution in [3.8, 4) is 22.8 Å². The Kier molecular flexibility index (Phi) is 4.62. The van der Waals surface area contributed by atoms with Gasteiger partial charge in [0, 0.05) is 17.3 Å². The monoisotopic (exact) mass is 359 g/mol. The summed E-state index contributed by atoms with van der Waals surface area (Å²) >= 11 is 0. The molecular formula is C17H17N3O4S. The number of benzene rings is 2. The van der Waals surface area contributed by atoms with Gasteiger partial charge < -0.3 is 14.5 Å². The molecule has 0 fully saturated rings. The van der Waals surface area contributed by atoms with Gasteiger partial charge in [-0.05, 0) is 24.3 Å². The van der Waals surface area contributed by atoms with E-state index in [0.29, 0.717) is 17.2 Å². The van der Waals surface area contributed by atoms with Crippen molar-refractivity contribution in [1.82, 2.24) is 9.97 Å². The van der Waals surface area contributed by atoms with Crippen LogP contribution in [-0.2, 0) is 10.0 Å². The van der Waals surface area contributed by atoms with E-state index in [1.165, 1.54) is 26.4 Å². The first kappa shape index (κ1) is 16.8. The molecule has 8 heteroatoms. The number of nitrogens with one attached hydrogen (secondary N) is 2. The lowest BCUT2D eigenvalue weighted by atomic mass is 10.1. The number of ether oxygens (including phenoxy) is 2. The molecule has 0 saturated carbocycles. The quantitative estimate of drug-likeness (QED) is 0.706. The van der Waals surface area contributed by atoms with Crippen LogP contribution in [0.15, 0.2) is 59.9 Å². The van der Waals surface area contributed by atoms with E-state index in [1.54, 1.807) is 36.8 Å².